The van der Waals surface area contributed by atoms with Gasteiger partial charge in [0.05, 0.1) is 0 Å². The van der Waals surface area contributed by atoms with Crippen LogP contribution < -0.4 is 9.47 Å². The first kappa shape index (κ1) is 17.2. The monoisotopic (exact) mass is 402 g/mol. The average Bonchev–Trinajstić information content (AvgIpc) is 3.05. The fourth-order valence-electron chi connectivity index (χ4n) is 2.15. The first-order valence-electron chi connectivity index (χ1n) is 7.56. The number of carbonyl (C=O) groups is 1. The summed E-state index contributed by atoms with van der Waals surface area (Å²) in [4.78, 5) is 15.4. The van der Waals surface area contributed by atoms with Crippen molar-refractivity contribution in [2.75, 3.05) is 0 Å². The Kier molecular flexibility index (Phi) is 5.14. The zero-order valence-electron chi connectivity index (χ0n) is 13.6. The van der Waals surface area contributed by atoms with Crippen LogP contribution in [0.1, 0.15) is 25.8 Å². The lowest BCUT2D eigenvalue weighted by Gasteiger charge is -2.11. The number of aromatic nitrogens is 2. The van der Waals surface area contributed by atoms with E-state index in [-0.39, 0.29) is 5.97 Å². The zero-order chi connectivity index (χ0) is 17.8. The van der Waals surface area contributed by atoms with Crippen molar-refractivity contribution in [2.45, 2.75) is 20.0 Å². The minimum Gasteiger partial charge on any atom is -0.481 e. The molecule has 0 radical (unpaired) electrons. The molecule has 3 rings (SSSR count). The van der Waals surface area contributed by atoms with Crippen molar-refractivity contribution in [2.24, 2.45) is 0 Å². The average molecular weight is 403 g/mol. The van der Waals surface area contributed by atoms with Gasteiger partial charge >= 0.3 is 5.97 Å². The van der Waals surface area contributed by atoms with Crippen molar-refractivity contribution < 1.29 is 18.8 Å². The first-order valence-corrected chi connectivity index (χ1v) is 8.35. The van der Waals surface area contributed by atoms with Crippen LogP contribution in [-0.4, -0.2) is 16.1 Å². The second-order valence-electron chi connectivity index (χ2n) is 5.29. The van der Waals surface area contributed by atoms with E-state index in [9.17, 15) is 4.79 Å². The van der Waals surface area contributed by atoms with Gasteiger partial charge in [-0.15, -0.1) is 0 Å². The van der Waals surface area contributed by atoms with E-state index in [0.29, 0.717) is 23.2 Å². The first-order chi connectivity index (χ1) is 12.0. The van der Waals surface area contributed by atoms with Crippen LogP contribution in [0.15, 0.2) is 57.5 Å². The van der Waals surface area contributed by atoms with Crippen molar-refractivity contribution in [1.29, 1.82) is 0 Å². The van der Waals surface area contributed by atoms with Crippen LogP contribution in [-0.2, 0) is 4.79 Å². The van der Waals surface area contributed by atoms with Crippen molar-refractivity contribution in [3.05, 3.63) is 58.9 Å². The Morgan fingerprint density at radius 2 is 1.88 bits per heavy atom. The summed E-state index contributed by atoms with van der Waals surface area (Å²) in [5, 5.41) is 3.98. The maximum atomic E-state index is 11.0. The Labute approximate surface area is 152 Å². The second kappa shape index (κ2) is 7.48. The number of esters is 1. The number of rotatable bonds is 5. The van der Waals surface area contributed by atoms with Gasteiger partial charge in [-0.1, -0.05) is 27.2 Å². The van der Waals surface area contributed by atoms with Crippen molar-refractivity contribution >= 4 is 21.9 Å². The summed E-state index contributed by atoms with van der Waals surface area (Å²) >= 11 is 3.39. The number of benzene rings is 2. The van der Waals surface area contributed by atoms with Gasteiger partial charge in [0.2, 0.25) is 5.82 Å². The highest BCUT2D eigenvalue weighted by Gasteiger charge is 2.17. The van der Waals surface area contributed by atoms with Gasteiger partial charge in [0, 0.05) is 23.0 Å². The van der Waals surface area contributed by atoms with Gasteiger partial charge in [-0.25, -0.2) is 0 Å². The van der Waals surface area contributed by atoms with Gasteiger partial charge < -0.3 is 14.0 Å². The Morgan fingerprint density at radius 3 is 2.60 bits per heavy atom. The number of halogens is 1. The number of hydrogen-bond acceptors (Lipinski definition) is 6. The smallest absolute Gasteiger partial charge is 0.308 e. The molecule has 3 aromatic rings. The molecule has 0 aliphatic rings. The topological polar surface area (TPSA) is 74.5 Å². The predicted molar refractivity (Wildman–Crippen MR) is 94.2 cm³/mol. The molecular formula is C18H15BrN2O4. The molecule has 0 aliphatic carbocycles. The summed E-state index contributed by atoms with van der Waals surface area (Å²) in [6.07, 6.45) is -0.454. The van der Waals surface area contributed by atoms with E-state index in [1.165, 1.54) is 6.92 Å². The van der Waals surface area contributed by atoms with E-state index in [0.717, 1.165) is 10.0 Å². The van der Waals surface area contributed by atoms with Crippen molar-refractivity contribution in [3.8, 4) is 22.9 Å². The van der Waals surface area contributed by atoms with Crippen LogP contribution in [0.25, 0.3) is 11.4 Å². The fourth-order valence-corrected chi connectivity index (χ4v) is 2.41. The quantitative estimate of drug-likeness (QED) is 0.459. The van der Waals surface area contributed by atoms with E-state index in [1.54, 1.807) is 31.2 Å². The van der Waals surface area contributed by atoms with Gasteiger partial charge in [0.15, 0.2) is 6.10 Å². The molecule has 1 aromatic heterocycles. The molecule has 0 N–H and O–H groups in total. The number of ether oxygens (including phenoxy) is 2. The number of nitrogens with zero attached hydrogens (tertiary/aromatic N) is 2. The Bertz CT molecular complexity index is 877. The lowest BCUT2D eigenvalue weighted by Crippen LogP contribution is -2.05. The zero-order valence-corrected chi connectivity index (χ0v) is 15.2. The van der Waals surface area contributed by atoms with Crippen LogP contribution in [0.4, 0.5) is 0 Å². The van der Waals surface area contributed by atoms with E-state index in [2.05, 4.69) is 26.1 Å². The maximum absolute atomic E-state index is 11.0. The van der Waals surface area contributed by atoms with Crippen LogP contribution in [0, 0.1) is 0 Å². The van der Waals surface area contributed by atoms with Crippen LogP contribution >= 0.6 is 15.9 Å². The van der Waals surface area contributed by atoms with E-state index < -0.39 is 6.10 Å². The van der Waals surface area contributed by atoms with Gasteiger partial charge in [-0.3, -0.25) is 4.79 Å². The summed E-state index contributed by atoms with van der Waals surface area (Å²) in [7, 11) is 0. The molecule has 0 aliphatic heterocycles. The normalized spacial score (nSPS) is 11.8. The molecule has 0 fully saturated rings. The van der Waals surface area contributed by atoms with E-state index in [4.69, 9.17) is 14.0 Å². The minimum absolute atomic E-state index is 0.357. The summed E-state index contributed by atoms with van der Waals surface area (Å²) in [5.41, 5.74) is 0.849. The fraction of sp³-hybridized carbons (Fsp3) is 0.167. The molecule has 1 heterocycles. The maximum Gasteiger partial charge on any atom is 0.308 e. The molecule has 7 heteroatoms. The Hall–Kier alpha value is -2.67. The lowest BCUT2D eigenvalue weighted by atomic mass is 10.2. The molecule has 0 spiro atoms. The van der Waals surface area contributed by atoms with Crippen LogP contribution in [0.5, 0.6) is 11.5 Å². The van der Waals surface area contributed by atoms with Gasteiger partial charge in [0.25, 0.3) is 5.89 Å². The number of hydrogen-bond donors (Lipinski definition) is 0. The van der Waals surface area contributed by atoms with Gasteiger partial charge in [0.1, 0.15) is 11.5 Å². The number of carbonyl (C=O) groups excluding carboxylic acids is 1. The molecule has 0 saturated carbocycles. The van der Waals surface area contributed by atoms with Crippen molar-refractivity contribution in [1.82, 2.24) is 10.1 Å². The highest BCUT2D eigenvalue weighted by Crippen LogP contribution is 2.26. The lowest BCUT2D eigenvalue weighted by molar-refractivity contribution is -0.131. The third-order valence-electron chi connectivity index (χ3n) is 3.27. The molecule has 1 unspecified atom stereocenters. The molecule has 25 heavy (non-hydrogen) atoms. The Balaban J connectivity index is 1.72. The summed E-state index contributed by atoms with van der Waals surface area (Å²) < 4.78 is 17.1. The molecule has 2 aromatic carbocycles. The summed E-state index contributed by atoms with van der Waals surface area (Å²) in [5.74, 6) is 1.41. The molecule has 0 bridgehead atoms. The third-order valence-corrected chi connectivity index (χ3v) is 3.80. The standard InChI is InChI=1S/C18H15BrN2O4/c1-11(23-15-4-3-5-16(10-15)24-12(2)22)18-20-17(21-25-18)13-6-8-14(19)9-7-13/h3-11H,1-2H3. The second-order valence-corrected chi connectivity index (χ2v) is 6.21. The highest BCUT2D eigenvalue weighted by molar-refractivity contribution is 9.10. The third kappa shape index (κ3) is 4.45. The van der Waals surface area contributed by atoms with Crippen LogP contribution in [0.2, 0.25) is 0 Å². The molecule has 0 saturated heterocycles. The van der Waals surface area contributed by atoms with E-state index >= 15 is 0 Å². The highest BCUT2D eigenvalue weighted by atomic mass is 79.9. The van der Waals surface area contributed by atoms with Crippen molar-refractivity contribution in [3.63, 3.8) is 0 Å². The minimum atomic E-state index is -0.454. The Morgan fingerprint density at radius 1 is 1.16 bits per heavy atom. The molecule has 128 valence electrons. The molecule has 6 nitrogen and oxygen atoms in total. The van der Waals surface area contributed by atoms with Gasteiger partial charge in [-0.05, 0) is 43.3 Å². The SMILES string of the molecule is CC(=O)Oc1cccc(OC(C)c2nc(-c3ccc(Br)cc3)no2)c1. The largest absolute Gasteiger partial charge is 0.481 e. The summed E-state index contributed by atoms with van der Waals surface area (Å²) in [6, 6.07) is 14.4. The predicted octanol–water partition coefficient (Wildman–Crippen LogP) is 4.56. The van der Waals surface area contributed by atoms with E-state index in [1.807, 2.05) is 24.3 Å². The molecular weight excluding hydrogens is 388 g/mol. The van der Waals surface area contributed by atoms with Gasteiger partial charge in [-0.2, -0.15) is 4.98 Å². The molecule has 0 amide bonds. The van der Waals surface area contributed by atoms with Crippen LogP contribution in [0.3, 0.4) is 0 Å². The molecule has 1 atom stereocenters. The summed E-state index contributed by atoms with van der Waals surface area (Å²) in [6.45, 7) is 3.15.